The van der Waals surface area contributed by atoms with E-state index in [1.54, 1.807) is 0 Å². The maximum Gasteiger partial charge on any atom is 0.490 e. The van der Waals surface area contributed by atoms with Gasteiger partial charge in [-0.15, -0.1) is 0 Å². The maximum atomic E-state index is 14.7. The molecule has 8 nitrogen and oxygen atoms in total. The summed E-state index contributed by atoms with van der Waals surface area (Å²) in [6, 6.07) is 5.37. The number of benzene rings is 2. The largest absolute Gasteiger partial charge is 0.493 e. The molecule has 0 bridgehead atoms. The van der Waals surface area contributed by atoms with E-state index in [4.69, 9.17) is 37.8 Å². The van der Waals surface area contributed by atoms with Crippen molar-refractivity contribution < 1.29 is 49.8 Å². The minimum absolute atomic E-state index is 0.000619. The third-order valence-electron chi connectivity index (χ3n) is 6.55. The van der Waals surface area contributed by atoms with Crippen molar-refractivity contribution in [3.05, 3.63) is 62.6 Å². The molecule has 1 amide bonds. The summed E-state index contributed by atoms with van der Waals surface area (Å²) in [6.45, 7) is 2.48. The van der Waals surface area contributed by atoms with Crippen LogP contribution >= 0.6 is 23.2 Å². The molecule has 232 valence electrons. The number of aliphatic carboxylic acids is 1. The van der Waals surface area contributed by atoms with E-state index < -0.39 is 39.7 Å². The molecule has 1 saturated carbocycles. The number of rotatable bonds is 8. The molecule has 0 unspecified atom stereocenters. The van der Waals surface area contributed by atoms with Crippen LogP contribution in [0.1, 0.15) is 53.1 Å². The zero-order valence-corrected chi connectivity index (χ0v) is 24.4. The van der Waals surface area contributed by atoms with Crippen LogP contribution in [-0.2, 0) is 21.4 Å². The Labute approximate surface area is 248 Å². The Balaban J connectivity index is 0.000000616. The summed E-state index contributed by atoms with van der Waals surface area (Å²) < 4.78 is 90.7. The fourth-order valence-electron chi connectivity index (χ4n) is 4.25. The molecule has 4 rings (SSSR count). The van der Waals surface area contributed by atoms with Crippen LogP contribution in [0.4, 0.5) is 22.0 Å². The van der Waals surface area contributed by atoms with Gasteiger partial charge in [0.05, 0.1) is 23.4 Å². The standard InChI is InChI=1S/C24H26Cl2F2N2O4S.C2HF3O2/c1-35(32,33)29-24(31)18-9-17(15-2-3-15)23(11-21(18)27)34-13-14-4-6-30(7-5-14)12-16-8-22(28)20(26)10-19(16)25;3-2(4,5)1(6)7/h8-11,14-15H,2-7,12-13H2,1H3,(H,29,31);(H,6,7). The Morgan fingerprint density at radius 3 is 2.14 bits per heavy atom. The van der Waals surface area contributed by atoms with Crippen molar-refractivity contribution in [2.45, 2.75) is 44.3 Å². The van der Waals surface area contributed by atoms with Crippen molar-refractivity contribution in [3.63, 3.8) is 0 Å². The van der Waals surface area contributed by atoms with Gasteiger partial charge in [0.1, 0.15) is 17.4 Å². The van der Waals surface area contributed by atoms with Crippen molar-refractivity contribution in [2.24, 2.45) is 5.92 Å². The lowest BCUT2D eigenvalue weighted by molar-refractivity contribution is -0.192. The summed E-state index contributed by atoms with van der Waals surface area (Å²) in [5.41, 5.74) is 1.10. The third-order valence-corrected chi connectivity index (χ3v) is 7.74. The molecule has 2 aromatic carbocycles. The highest BCUT2D eigenvalue weighted by Gasteiger charge is 2.38. The number of carbonyl (C=O) groups is 2. The number of halogens is 7. The van der Waals surface area contributed by atoms with Gasteiger partial charge >= 0.3 is 12.1 Å². The molecule has 1 heterocycles. The van der Waals surface area contributed by atoms with Gasteiger partial charge < -0.3 is 9.84 Å². The molecular weight excluding hydrogens is 634 g/mol. The second kappa shape index (κ2) is 13.7. The second-order valence-corrected chi connectivity index (χ2v) is 12.6. The molecule has 2 aromatic rings. The van der Waals surface area contributed by atoms with Crippen molar-refractivity contribution >= 4 is 45.1 Å². The first-order valence-corrected chi connectivity index (χ1v) is 15.2. The van der Waals surface area contributed by atoms with E-state index in [0.717, 1.165) is 50.6 Å². The van der Waals surface area contributed by atoms with Crippen molar-refractivity contribution in [2.75, 3.05) is 26.0 Å². The van der Waals surface area contributed by atoms with E-state index >= 15 is 0 Å². The van der Waals surface area contributed by atoms with Crippen molar-refractivity contribution in [1.82, 2.24) is 9.62 Å². The molecule has 1 aliphatic carbocycles. The predicted molar refractivity (Wildman–Crippen MR) is 144 cm³/mol. The topological polar surface area (TPSA) is 113 Å². The van der Waals surface area contributed by atoms with Crippen LogP contribution in [0.5, 0.6) is 5.75 Å². The Kier molecular flexibility index (Phi) is 11.1. The first-order valence-electron chi connectivity index (χ1n) is 12.6. The van der Waals surface area contributed by atoms with E-state index in [-0.39, 0.29) is 22.4 Å². The number of nitrogens with one attached hydrogen (secondary N) is 1. The number of nitrogens with zero attached hydrogens (tertiary/aromatic N) is 1. The van der Waals surface area contributed by atoms with Gasteiger partial charge in [0.25, 0.3) is 5.91 Å². The van der Waals surface area contributed by atoms with Crippen LogP contribution in [0.3, 0.4) is 0 Å². The lowest BCUT2D eigenvalue weighted by Gasteiger charge is -2.32. The molecule has 16 heteroatoms. The van der Waals surface area contributed by atoms with Crippen LogP contribution < -0.4 is 9.46 Å². The molecule has 2 aliphatic rings. The minimum atomic E-state index is -5.08. The SMILES string of the molecule is CS(=O)(=O)NC(=O)c1cc(C2CC2)c(OCC2CCN(Cc3cc(F)c(Cl)cc3Cl)CC2)cc1F.O=C(O)C(F)(F)F. The van der Waals surface area contributed by atoms with E-state index in [0.29, 0.717) is 29.5 Å². The second-order valence-electron chi connectivity index (χ2n) is 10.0. The normalized spacial score (nSPS) is 16.4. The Morgan fingerprint density at radius 2 is 1.62 bits per heavy atom. The van der Waals surface area contributed by atoms with Crippen LogP contribution in [0.2, 0.25) is 10.0 Å². The number of carboxylic acids is 1. The van der Waals surface area contributed by atoms with Gasteiger partial charge in [0, 0.05) is 17.6 Å². The Morgan fingerprint density at radius 1 is 1.02 bits per heavy atom. The monoisotopic (exact) mass is 660 g/mol. The van der Waals surface area contributed by atoms with Crippen LogP contribution in [0.15, 0.2) is 24.3 Å². The zero-order valence-electron chi connectivity index (χ0n) is 22.1. The number of likely N-dealkylation sites (tertiary alicyclic amines) is 1. The highest BCUT2D eigenvalue weighted by Crippen LogP contribution is 2.45. The fraction of sp³-hybridized carbons (Fsp3) is 0.462. The number of ether oxygens (including phenoxy) is 1. The summed E-state index contributed by atoms with van der Waals surface area (Å²) >= 11 is 12.0. The lowest BCUT2D eigenvalue weighted by Crippen LogP contribution is -2.35. The molecular formula is C26H27Cl2F5N2O6S. The van der Waals surface area contributed by atoms with Crippen LogP contribution in [0, 0.1) is 17.6 Å². The van der Waals surface area contributed by atoms with Gasteiger partial charge in [-0.05, 0) is 79.9 Å². The molecule has 2 fully saturated rings. The quantitative estimate of drug-likeness (QED) is 0.273. The van der Waals surface area contributed by atoms with E-state index in [1.165, 1.54) is 24.3 Å². The van der Waals surface area contributed by atoms with E-state index in [2.05, 4.69) is 4.90 Å². The van der Waals surface area contributed by atoms with Crippen LogP contribution in [0.25, 0.3) is 0 Å². The number of sulfonamides is 1. The number of hydrogen-bond acceptors (Lipinski definition) is 6. The molecule has 1 aliphatic heterocycles. The molecule has 1 saturated heterocycles. The summed E-state index contributed by atoms with van der Waals surface area (Å²) in [5.74, 6) is -4.25. The molecule has 0 atom stereocenters. The predicted octanol–water partition coefficient (Wildman–Crippen LogP) is 5.76. The number of carboxylic acid groups (broad SMARTS) is 1. The van der Waals surface area contributed by atoms with Gasteiger partial charge in [0.2, 0.25) is 10.0 Å². The van der Waals surface area contributed by atoms with Crippen molar-refractivity contribution in [1.29, 1.82) is 0 Å². The maximum absolute atomic E-state index is 14.7. The Hall–Kier alpha value is -2.68. The lowest BCUT2D eigenvalue weighted by atomic mass is 9.97. The minimum Gasteiger partial charge on any atom is -0.493 e. The Bertz CT molecular complexity index is 1430. The third kappa shape index (κ3) is 9.96. The zero-order chi connectivity index (χ0) is 31.4. The van der Waals surface area contributed by atoms with Gasteiger partial charge in [-0.2, -0.15) is 13.2 Å². The summed E-state index contributed by atoms with van der Waals surface area (Å²) in [4.78, 5) is 23.3. The molecule has 0 aromatic heterocycles. The molecule has 0 radical (unpaired) electrons. The summed E-state index contributed by atoms with van der Waals surface area (Å²) in [6.07, 6.45) is -0.730. The van der Waals surface area contributed by atoms with E-state index in [1.807, 2.05) is 4.72 Å². The summed E-state index contributed by atoms with van der Waals surface area (Å²) in [5, 5.41) is 7.56. The van der Waals surface area contributed by atoms with Crippen molar-refractivity contribution in [3.8, 4) is 5.75 Å². The average molecular weight is 661 g/mol. The highest BCUT2D eigenvalue weighted by atomic mass is 35.5. The van der Waals surface area contributed by atoms with Gasteiger partial charge in [0.15, 0.2) is 0 Å². The molecule has 42 heavy (non-hydrogen) atoms. The number of piperidine rings is 1. The molecule has 0 spiro atoms. The first-order chi connectivity index (χ1) is 19.4. The summed E-state index contributed by atoms with van der Waals surface area (Å²) in [7, 11) is -3.80. The van der Waals surface area contributed by atoms with Gasteiger partial charge in [-0.1, -0.05) is 23.2 Å². The highest BCUT2D eigenvalue weighted by molar-refractivity contribution is 7.89. The number of hydrogen-bond donors (Lipinski definition) is 2. The number of carbonyl (C=O) groups excluding carboxylic acids is 1. The molecule has 2 N–H and O–H groups in total. The number of alkyl halides is 3. The van der Waals surface area contributed by atoms with E-state index in [9.17, 15) is 35.2 Å². The number of amides is 1. The van der Waals surface area contributed by atoms with Gasteiger partial charge in [-0.3, -0.25) is 9.69 Å². The first kappa shape index (κ1) is 33.8. The average Bonchev–Trinajstić information content (AvgIpc) is 3.71. The fourth-order valence-corrected chi connectivity index (χ4v) is 5.14. The van der Waals surface area contributed by atoms with Gasteiger partial charge in [-0.25, -0.2) is 26.7 Å². The van der Waals surface area contributed by atoms with Crippen LogP contribution in [-0.4, -0.2) is 62.4 Å². The smallest absolute Gasteiger partial charge is 0.490 e.